The van der Waals surface area contributed by atoms with Crippen LogP contribution in [-0.4, -0.2) is 34.3 Å². The molecule has 0 atom stereocenters. The quantitative estimate of drug-likeness (QED) is 0.919. The van der Waals surface area contributed by atoms with E-state index in [1.807, 2.05) is 18.5 Å². The SMILES string of the molecule is CCn1nc(C)c(CCN(C)C(=O)Nc2cccc(F)c2)c1C. The molecular weight excluding hydrogens is 295 g/mol. The van der Waals surface area contributed by atoms with Crippen molar-refractivity contribution in [3.8, 4) is 0 Å². The minimum Gasteiger partial charge on any atom is -0.327 e. The standard InChI is InChI=1S/C17H23FN4O/c1-5-22-13(3)16(12(2)20-22)9-10-21(4)17(23)19-15-8-6-7-14(18)11-15/h6-8,11H,5,9-10H2,1-4H3,(H,19,23). The Bertz CT molecular complexity index is 696. The molecule has 0 saturated carbocycles. The van der Waals surface area contributed by atoms with Gasteiger partial charge >= 0.3 is 6.03 Å². The van der Waals surface area contributed by atoms with E-state index in [1.165, 1.54) is 17.7 Å². The predicted octanol–water partition coefficient (Wildman–Crippen LogP) is 3.37. The Kier molecular flexibility index (Phi) is 5.36. The van der Waals surface area contributed by atoms with Gasteiger partial charge in [-0.25, -0.2) is 9.18 Å². The van der Waals surface area contributed by atoms with E-state index in [1.54, 1.807) is 24.1 Å². The number of halogens is 1. The number of aryl methyl sites for hydroxylation is 2. The number of urea groups is 1. The summed E-state index contributed by atoms with van der Waals surface area (Å²) in [6.07, 6.45) is 0.741. The van der Waals surface area contributed by atoms with E-state index in [9.17, 15) is 9.18 Å². The third kappa shape index (κ3) is 4.09. The molecule has 0 unspecified atom stereocenters. The maximum atomic E-state index is 13.1. The lowest BCUT2D eigenvalue weighted by molar-refractivity contribution is 0.223. The minimum absolute atomic E-state index is 0.256. The molecule has 2 rings (SSSR count). The molecule has 0 spiro atoms. The van der Waals surface area contributed by atoms with Crippen LogP contribution in [0.3, 0.4) is 0 Å². The third-order valence-corrected chi connectivity index (χ3v) is 3.95. The Morgan fingerprint density at radius 3 is 2.74 bits per heavy atom. The van der Waals surface area contributed by atoms with Gasteiger partial charge < -0.3 is 10.2 Å². The molecule has 0 aliphatic rings. The number of nitrogens with zero attached hydrogens (tertiary/aromatic N) is 3. The second kappa shape index (κ2) is 7.26. The van der Waals surface area contributed by atoms with Crippen molar-refractivity contribution < 1.29 is 9.18 Å². The molecule has 0 saturated heterocycles. The lowest BCUT2D eigenvalue weighted by Crippen LogP contribution is -2.33. The predicted molar refractivity (Wildman–Crippen MR) is 89.1 cm³/mol. The Hall–Kier alpha value is -2.37. The Labute approximate surface area is 136 Å². The second-order valence-electron chi connectivity index (χ2n) is 5.58. The van der Waals surface area contributed by atoms with Crippen LogP contribution in [0.4, 0.5) is 14.9 Å². The molecule has 0 radical (unpaired) electrons. The van der Waals surface area contributed by atoms with Crippen LogP contribution in [0.1, 0.15) is 23.9 Å². The Morgan fingerprint density at radius 2 is 2.13 bits per heavy atom. The van der Waals surface area contributed by atoms with Crippen LogP contribution < -0.4 is 5.32 Å². The molecule has 23 heavy (non-hydrogen) atoms. The van der Waals surface area contributed by atoms with E-state index < -0.39 is 0 Å². The summed E-state index contributed by atoms with van der Waals surface area (Å²) in [5.41, 5.74) is 3.78. The summed E-state index contributed by atoms with van der Waals surface area (Å²) < 4.78 is 15.1. The summed E-state index contributed by atoms with van der Waals surface area (Å²) in [4.78, 5) is 13.7. The highest BCUT2D eigenvalue weighted by molar-refractivity contribution is 5.89. The normalized spacial score (nSPS) is 10.7. The Balaban J connectivity index is 1.95. The monoisotopic (exact) mass is 318 g/mol. The summed E-state index contributed by atoms with van der Waals surface area (Å²) >= 11 is 0. The number of aromatic nitrogens is 2. The van der Waals surface area contributed by atoms with E-state index in [4.69, 9.17) is 0 Å². The van der Waals surface area contributed by atoms with Crippen molar-refractivity contribution in [2.45, 2.75) is 33.7 Å². The van der Waals surface area contributed by atoms with Crippen LogP contribution in [0.15, 0.2) is 24.3 Å². The van der Waals surface area contributed by atoms with E-state index in [-0.39, 0.29) is 11.8 Å². The molecule has 0 fully saturated rings. The first-order chi connectivity index (χ1) is 10.9. The van der Waals surface area contributed by atoms with Crippen molar-refractivity contribution in [2.75, 3.05) is 18.9 Å². The third-order valence-electron chi connectivity index (χ3n) is 3.95. The van der Waals surface area contributed by atoms with Crippen molar-refractivity contribution in [3.63, 3.8) is 0 Å². The molecule has 6 heteroatoms. The van der Waals surface area contributed by atoms with Crippen molar-refractivity contribution in [1.82, 2.24) is 14.7 Å². The first-order valence-corrected chi connectivity index (χ1v) is 7.73. The number of carbonyl (C=O) groups excluding carboxylic acids is 1. The lowest BCUT2D eigenvalue weighted by atomic mass is 10.1. The number of benzene rings is 1. The number of carbonyl (C=O) groups is 1. The summed E-state index contributed by atoms with van der Waals surface area (Å²) in [5, 5.41) is 7.18. The van der Waals surface area contributed by atoms with Gasteiger partial charge in [0.1, 0.15) is 5.82 Å². The van der Waals surface area contributed by atoms with Gasteiger partial charge in [0.05, 0.1) is 5.69 Å². The fourth-order valence-corrected chi connectivity index (χ4v) is 2.57. The van der Waals surface area contributed by atoms with Gasteiger partial charge in [0.25, 0.3) is 0 Å². The van der Waals surface area contributed by atoms with Crippen molar-refractivity contribution in [2.24, 2.45) is 0 Å². The van der Waals surface area contributed by atoms with Crippen LogP contribution in [0, 0.1) is 19.7 Å². The van der Waals surface area contributed by atoms with Gasteiger partial charge in [-0.3, -0.25) is 4.68 Å². The Morgan fingerprint density at radius 1 is 1.39 bits per heavy atom. The number of hydrogen-bond donors (Lipinski definition) is 1. The van der Waals surface area contributed by atoms with E-state index in [2.05, 4.69) is 17.3 Å². The number of hydrogen-bond acceptors (Lipinski definition) is 2. The summed E-state index contributed by atoms with van der Waals surface area (Å²) in [7, 11) is 1.73. The van der Waals surface area contributed by atoms with Crippen LogP contribution in [0.5, 0.6) is 0 Å². The fourth-order valence-electron chi connectivity index (χ4n) is 2.57. The number of amides is 2. The molecule has 0 aliphatic carbocycles. The largest absolute Gasteiger partial charge is 0.327 e. The van der Waals surface area contributed by atoms with Crippen LogP contribution in [0.25, 0.3) is 0 Å². The maximum absolute atomic E-state index is 13.1. The highest BCUT2D eigenvalue weighted by atomic mass is 19.1. The van der Waals surface area contributed by atoms with Crippen LogP contribution in [0.2, 0.25) is 0 Å². The summed E-state index contributed by atoms with van der Waals surface area (Å²) in [5.74, 6) is -0.372. The molecule has 5 nitrogen and oxygen atoms in total. The maximum Gasteiger partial charge on any atom is 0.321 e. The van der Waals surface area contributed by atoms with Gasteiger partial charge in [0.15, 0.2) is 0 Å². The van der Waals surface area contributed by atoms with Gasteiger partial charge in [0, 0.05) is 31.5 Å². The van der Waals surface area contributed by atoms with Gasteiger partial charge in [-0.1, -0.05) is 6.07 Å². The lowest BCUT2D eigenvalue weighted by Gasteiger charge is -2.18. The highest BCUT2D eigenvalue weighted by Gasteiger charge is 2.14. The molecule has 2 aromatic rings. The molecule has 0 aliphatic heterocycles. The summed E-state index contributed by atoms with van der Waals surface area (Å²) in [6.45, 7) is 7.50. The van der Waals surface area contributed by atoms with E-state index in [0.717, 1.165) is 24.4 Å². The minimum atomic E-state index is -0.372. The van der Waals surface area contributed by atoms with E-state index >= 15 is 0 Å². The highest BCUT2D eigenvalue weighted by Crippen LogP contribution is 2.14. The fraction of sp³-hybridized carbons (Fsp3) is 0.412. The molecule has 124 valence electrons. The second-order valence-corrected chi connectivity index (χ2v) is 5.58. The van der Waals surface area contributed by atoms with E-state index in [0.29, 0.717) is 12.2 Å². The topological polar surface area (TPSA) is 50.2 Å². The average Bonchev–Trinajstić information content (AvgIpc) is 2.79. The van der Waals surface area contributed by atoms with Crippen molar-refractivity contribution in [1.29, 1.82) is 0 Å². The average molecular weight is 318 g/mol. The molecule has 1 heterocycles. The van der Waals surface area contributed by atoms with Crippen molar-refractivity contribution >= 4 is 11.7 Å². The van der Waals surface area contributed by atoms with Crippen LogP contribution in [-0.2, 0) is 13.0 Å². The van der Waals surface area contributed by atoms with Crippen molar-refractivity contribution in [3.05, 3.63) is 47.0 Å². The number of nitrogens with one attached hydrogen (secondary N) is 1. The molecular formula is C17H23FN4O. The van der Waals surface area contributed by atoms with Gasteiger partial charge in [-0.2, -0.15) is 5.10 Å². The number of likely N-dealkylation sites (N-methyl/N-ethyl adjacent to an activating group) is 1. The molecule has 0 bridgehead atoms. The summed E-state index contributed by atoms with van der Waals surface area (Å²) in [6, 6.07) is 5.61. The smallest absolute Gasteiger partial charge is 0.321 e. The zero-order chi connectivity index (χ0) is 17.0. The number of rotatable bonds is 5. The zero-order valence-corrected chi connectivity index (χ0v) is 14.1. The first kappa shape index (κ1) is 17.0. The molecule has 2 amide bonds. The number of anilines is 1. The molecule has 1 aromatic heterocycles. The first-order valence-electron chi connectivity index (χ1n) is 7.73. The van der Waals surface area contributed by atoms with Gasteiger partial charge in [0.2, 0.25) is 0 Å². The molecule has 1 N–H and O–H groups in total. The van der Waals surface area contributed by atoms with Crippen LogP contribution >= 0.6 is 0 Å². The molecule has 1 aromatic carbocycles. The zero-order valence-electron chi connectivity index (χ0n) is 14.1. The van der Waals surface area contributed by atoms with Gasteiger partial charge in [-0.05, 0) is 51.0 Å². The van der Waals surface area contributed by atoms with Gasteiger partial charge in [-0.15, -0.1) is 0 Å².